The largest absolute Gasteiger partial charge is 0.504 e. The van der Waals surface area contributed by atoms with Gasteiger partial charge in [-0.1, -0.05) is 12.1 Å². The highest BCUT2D eigenvalue weighted by Crippen LogP contribution is 2.27. The number of rotatable bonds is 4. The molecule has 1 heterocycles. The predicted octanol–water partition coefficient (Wildman–Crippen LogP) is 2.24. The number of aromatic hydroxyl groups is 1. The van der Waals surface area contributed by atoms with Crippen molar-refractivity contribution < 1.29 is 9.84 Å². The lowest BCUT2D eigenvalue weighted by molar-refractivity contribution is 0.373. The highest BCUT2D eigenvalue weighted by atomic mass is 16.5. The van der Waals surface area contributed by atoms with Gasteiger partial charge in [-0.05, 0) is 24.3 Å². The summed E-state index contributed by atoms with van der Waals surface area (Å²) in [6.07, 6.45) is 3.17. The van der Waals surface area contributed by atoms with Crippen LogP contribution in [0.5, 0.6) is 11.5 Å². The number of phenols is 1. The van der Waals surface area contributed by atoms with E-state index in [0.29, 0.717) is 17.1 Å². The molecule has 2 rings (SSSR count). The number of hydrazone groups is 1. The van der Waals surface area contributed by atoms with Crippen LogP contribution in [-0.2, 0) is 0 Å². The SMILES string of the molecule is COc1cccc(/C=N\Nc2ccccn2)c1O. The van der Waals surface area contributed by atoms with Crippen molar-refractivity contribution in [2.45, 2.75) is 0 Å². The molecule has 18 heavy (non-hydrogen) atoms. The van der Waals surface area contributed by atoms with Crippen LogP contribution in [0.3, 0.4) is 0 Å². The third-order valence-corrected chi connectivity index (χ3v) is 2.30. The summed E-state index contributed by atoms with van der Waals surface area (Å²) < 4.78 is 5.01. The number of ether oxygens (including phenoxy) is 1. The number of pyridine rings is 1. The molecular weight excluding hydrogens is 230 g/mol. The van der Waals surface area contributed by atoms with Crippen molar-refractivity contribution in [2.75, 3.05) is 12.5 Å². The van der Waals surface area contributed by atoms with Gasteiger partial charge in [-0.2, -0.15) is 5.10 Å². The third-order valence-electron chi connectivity index (χ3n) is 2.30. The van der Waals surface area contributed by atoms with E-state index >= 15 is 0 Å². The van der Waals surface area contributed by atoms with Crippen molar-refractivity contribution >= 4 is 12.0 Å². The topological polar surface area (TPSA) is 66.7 Å². The maximum Gasteiger partial charge on any atom is 0.166 e. The molecule has 5 nitrogen and oxygen atoms in total. The Morgan fingerprint density at radius 2 is 2.17 bits per heavy atom. The summed E-state index contributed by atoms with van der Waals surface area (Å²) in [6, 6.07) is 10.7. The van der Waals surface area contributed by atoms with Crippen LogP contribution in [0.1, 0.15) is 5.56 Å². The summed E-state index contributed by atoms with van der Waals surface area (Å²) >= 11 is 0. The Labute approximate surface area is 105 Å². The number of phenolic OH excluding ortho intramolecular Hbond substituents is 1. The summed E-state index contributed by atoms with van der Waals surface area (Å²) in [6.45, 7) is 0. The van der Waals surface area contributed by atoms with E-state index in [0.717, 1.165) is 0 Å². The second-order valence-electron chi connectivity index (χ2n) is 3.48. The smallest absolute Gasteiger partial charge is 0.166 e. The molecule has 0 fully saturated rings. The lowest BCUT2D eigenvalue weighted by Crippen LogP contribution is -1.93. The number of hydrogen-bond donors (Lipinski definition) is 2. The predicted molar refractivity (Wildman–Crippen MR) is 70.1 cm³/mol. The number of methoxy groups -OCH3 is 1. The van der Waals surface area contributed by atoms with Crippen LogP contribution in [0, 0.1) is 0 Å². The summed E-state index contributed by atoms with van der Waals surface area (Å²) in [5.41, 5.74) is 3.33. The van der Waals surface area contributed by atoms with E-state index in [1.807, 2.05) is 12.1 Å². The highest BCUT2D eigenvalue weighted by molar-refractivity contribution is 5.85. The van der Waals surface area contributed by atoms with Crippen LogP contribution in [0.15, 0.2) is 47.7 Å². The molecule has 92 valence electrons. The van der Waals surface area contributed by atoms with Gasteiger partial charge in [-0.15, -0.1) is 0 Å². The number of anilines is 1. The fourth-order valence-electron chi connectivity index (χ4n) is 1.41. The zero-order chi connectivity index (χ0) is 12.8. The number of para-hydroxylation sites is 1. The van der Waals surface area contributed by atoms with Gasteiger partial charge in [0.15, 0.2) is 11.5 Å². The molecule has 5 heteroatoms. The average Bonchev–Trinajstić information content (AvgIpc) is 2.42. The van der Waals surface area contributed by atoms with Crippen molar-refractivity contribution in [3.8, 4) is 11.5 Å². The monoisotopic (exact) mass is 243 g/mol. The van der Waals surface area contributed by atoms with Gasteiger partial charge in [0.2, 0.25) is 0 Å². The number of nitrogens with one attached hydrogen (secondary N) is 1. The average molecular weight is 243 g/mol. The van der Waals surface area contributed by atoms with Crippen molar-refractivity contribution in [1.29, 1.82) is 0 Å². The number of aromatic nitrogens is 1. The van der Waals surface area contributed by atoms with Crippen LogP contribution in [0.2, 0.25) is 0 Å². The van der Waals surface area contributed by atoms with Crippen molar-refractivity contribution in [3.63, 3.8) is 0 Å². The minimum Gasteiger partial charge on any atom is -0.504 e. The second-order valence-corrected chi connectivity index (χ2v) is 3.48. The third kappa shape index (κ3) is 2.76. The van der Waals surface area contributed by atoms with Gasteiger partial charge in [0.05, 0.1) is 13.3 Å². The minimum atomic E-state index is 0.0616. The second kappa shape index (κ2) is 5.67. The summed E-state index contributed by atoms with van der Waals surface area (Å²) in [5.74, 6) is 1.11. The summed E-state index contributed by atoms with van der Waals surface area (Å²) in [7, 11) is 1.50. The lowest BCUT2D eigenvalue weighted by atomic mass is 10.2. The Kier molecular flexibility index (Phi) is 3.76. The van der Waals surface area contributed by atoms with Crippen molar-refractivity contribution in [2.24, 2.45) is 5.10 Å². The maximum absolute atomic E-state index is 9.83. The number of benzene rings is 1. The first-order valence-electron chi connectivity index (χ1n) is 5.37. The fourth-order valence-corrected chi connectivity index (χ4v) is 1.41. The lowest BCUT2D eigenvalue weighted by Gasteiger charge is -2.04. The first kappa shape index (κ1) is 11.9. The Balaban J connectivity index is 2.10. The molecule has 1 aromatic heterocycles. The molecule has 0 saturated carbocycles. The highest BCUT2D eigenvalue weighted by Gasteiger charge is 2.04. The quantitative estimate of drug-likeness (QED) is 0.638. The van der Waals surface area contributed by atoms with Crippen molar-refractivity contribution in [3.05, 3.63) is 48.2 Å². The summed E-state index contributed by atoms with van der Waals surface area (Å²) in [5, 5.41) is 13.8. The summed E-state index contributed by atoms with van der Waals surface area (Å²) in [4.78, 5) is 4.05. The standard InChI is InChI=1S/C13H13N3O2/c1-18-11-6-4-5-10(13(11)17)9-15-16-12-7-2-3-8-14-12/h2-9,17H,1H3,(H,14,16)/b15-9-. The van der Waals surface area contributed by atoms with Crippen LogP contribution in [0.25, 0.3) is 0 Å². The molecule has 1 aromatic carbocycles. The van der Waals surface area contributed by atoms with E-state index in [2.05, 4.69) is 15.5 Å². The molecule has 0 unspecified atom stereocenters. The molecule has 0 aliphatic carbocycles. The van der Waals surface area contributed by atoms with Gasteiger partial charge >= 0.3 is 0 Å². The Hall–Kier alpha value is -2.56. The first-order chi connectivity index (χ1) is 8.81. The molecule has 0 aliphatic rings. The molecule has 0 saturated heterocycles. The first-order valence-corrected chi connectivity index (χ1v) is 5.37. The molecular formula is C13H13N3O2. The fraction of sp³-hybridized carbons (Fsp3) is 0.0769. The zero-order valence-electron chi connectivity index (χ0n) is 9.87. The van der Waals surface area contributed by atoms with Crippen LogP contribution in [-0.4, -0.2) is 23.4 Å². The number of nitrogens with zero attached hydrogens (tertiary/aromatic N) is 2. The van der Waals surface area contributed by atoms with E-state index < -0.39 is 0 Å². The molecule has 0 aliphatic heterocycles. The Morgan fingerprint density at radius 1 is 1.28 bits per heavy atom. The van der Waals surface area contributed by atoms with Gasteiger partial charge in [0, 0.05) is 11.8 Å². The van der Waals surface area contributed by atoms with E-state index in [9.17, 15) is 5.11 Å². The van der Waals surface area contributed by atoms with E-state index in [1.54, 1.807) is 30.5 Å². The Bertz CT molecular complexity index is 541. The molecule has 0 amide bonds. The molecule has 2 aromatic rings. The van der Waals surface area contributed by atoms with Crippen molar-refractivity contribution in [1.82, 2.24) is 4.98 Å². The molecule has 0 bridgehead atoms. The normalized spacial score (nSPS) is 10.5. The van der Waals surface area contributed by atoms with Crippen LogP contribution in [0.4, 0.5) is 5.82 Å². The minimum absolute atomic E-state index is 0.0616. The maximum atomic E-state index is 9.83. The van der Waals surface area contributed by atoms with E-state index in [-0.39, 0.29) is 5.75 Å². The van der Waals surface area contributed by atoms with Gasteiger partial charge < -0.3 is 9.84 Å². The van der Waals surface area contributed by atoms with Gasteiger partial charge in [0.1, 0.15) is 5.82 Å². The van der Waals surface area contributed by atoms with Crippen LogP contribution >= 0.6 is 0 Å². The van der Waals surface area contributed by atoms with E-state index in [1.165, 1.54) is 13.3 Å². The van der Waals surface area contributed by atoms with Crippen LogP contribution < -0.4 is 10.2 Å². The van der Waals surface area contributed by atoms with Gasteiger partial charge in [0.25, 0.3) is 0 Å². The molecule has 0 atom stereocenters. The Morgan fingerprint density at radius 3 is 2.89 bits per heavy atom. The molecule has 2 N–H and O–H groups in total. The van der Waals surface area contributed by atoms with Gasteiger partial charge in [-0.3, -0.25) is 5.43 Å². The molecule has 0 spiro atoms. The van der Waals surface area contributed by atoms with E-state index in [4.69, 9.17) is 4.74 Å². The molecule has 0 radical (unpaired) electrons. The number of hydrogen-bond acceptors (Lipinski definition) is 5. The zero-order valence-corrected chi connectivity index (χ0v) is 9.87. The van der Waals surface area contributed by atoms with Gasteiger partial charge in [-0.25, -0.2) is 4.98 Å².